The number of rotatable bonds is 1. The van der Waals surface area contributed by atoms with Crippen molar-refractivity contribution in [1.29, 1.82) is 0 Å². The summed E-state index contributed by atoms with van der Waals surface area (Å²) in [7, 11) is 3.72. The van der Waals surface area contributed by atoms with Crippen molar-refractivity contribution in [1.82, 2.24) is 4.90 Å². The molecule has 0 heterocycles. The van der Waals surface area contributed by atoms with Crippen molar-refractivity contribution >= 4 is 5.91 Å². The minimum absolute atomic E-state index is 0.290. The summed E-state index contributed by atoms with van der Waals surface area (Å²) in [6.45, 7) is 6.93. The van der Waals surface area contributed by atoms with Crippen LogP contribution >= 0.6 is 0 Å². The van der Waals surface area contributed by atoms with E-state index in [1.165, 1.54) is 12.8 Å². The van der Waals surface area contributed by atoms with Crippen molar-refractivity contribution in [3.63, 3.8) is 0 Å². The maximum Gasteiger partial charge on any atom is 0.225 e. The number of hydrogen-bond donors (Lipinski definition) is 0. The molecule has 0 N–H and O–H groups in total. The van der Waals surface area contributed by atoms with Gasteiger partial charge >= 0.3 is 0 Å². The number of nitrogens with zero attached hydrogens (tertiary/aromatic N) is 1. The monoisotopic (exact) mass is 211 g/mol. The van der Waals surface area contributed by atoms with E-state index in [-0.39, 0.29) is 0 Å². The first-order chi connectivity index (χ1) is 6.82. The molecule has 0 atom stereocenters. The summed E-state index contributed by atoms with van der Waals surface area (Å²) in [4.78, 5) is 13.5. The van der Waals surface area contributed by atoms with Gasteiger partial charge in [0.15, 0.2) is 0 Å². The molecule has 0 aromatic carbocycles. The Morgan fingerprint density at radius 1 is 1.07 bits per heavy atom. The van der Waals surface area contributed by atoms with Crippen LogP contribution in [0.15, 0.2) is 0 Å². The first-order valence-corrected chi connectivity index (χ1v) is 6.03. The molecule has 0 unspecified atom stereocenters. The van der Waals surface area contributed by atoms with Crippen LogP contribution in [-0.2, 0) is 4.79 Å². The van der Waals surface area contributed by atoms with Gasteiger partial charge in [-0.25, -0.2) is 0 Å². The Bertz CT molecular complexity index is 219. The third-order valence-electron chi connectivity index (χ3n) is 3.74. The molecule has 15 heavy (non-hydrogen) atoms. The Morgan fingerprint density at radius 2 is 1.53 bits per heavy atom. The highest BCUT2D eigenvalue weighted by molar-refractivity contribution is 5.78. The van der Waals surface area contributed by atoms with E-state index in [0.717, 1.165) is 18.8 Å². The quantitative estimate of drug-likeness (QED) is 0.653. The fourth-order valence-electron chi connectivity index (χ4n) is 2.57. The van der Waals surface area contributed by atoms with Gasteiger partial charge in [0.1, 0.15) is 0 Å². The molecule has 0 aliphatic heterocycles. The molecule has 0 spiro atoms. The topological polar surface area (TPSA) is 20.3 Å². The van der Waals surface area contributed by atoms with Crippen molar-refractivity contribution in [2.24, 2.45) is 17.3 Å². The van der Waals surface area contributed by atoms with E-state index in [1.54, 1.807) is 4.90 Å². The van der Waals surface area contributed by atoms with Gasteiger partial charge in [0.05, 0.1) is 0 Å². The van der Waals surface area contributed by atoms with Crippen LogP contribution < -0.4 is 0 Å². The Hall–Kier alpha value is -0.530. The maximum atomic E-state index is 11.8. The Balaban J connectivity index is 2.46. The molecule has 0 saturated heterocycles. The van der Waals surface area contributed by atoms with Gasteiger partial charge in [-0.05, 0) is 37.0 Å². The minimum Gasteiger partial charge on any atom is -0.349 e. The predicted molar refractivity (Wildman–Crippen MR) is 63.6 cm³/mol. The zero-order valence-electron chi connectivity index (χ0n) is 10.8. The molecule has 0 aromatic rings. The van der Waals surface area contributed by atoms with E-state index in [4.69, 9.17) is 0 Å². The second kappa shape index (κ2) is 4.54. The molecule has 2 nitrogen and oxygen atoms in total. The van der Waals surface area contributed by atoms with Gasteiger partial charge in [-0.15, -0.1) is 0 Å². The lowest BCUT2D eigenvalue weighted by Crippen LogP contribution is -2.34. The van der Waals surface area contributed by atoms with Gasteiger partial charge in [0.25, 0.3) is 0 Å². The van der Waals surface area contributed by atoms with Gasteiger partial charge < -0.3 is 4.90 Å². The molecular formula is C13H25NO. The van der Waals surface area contributed by atoms with E-state index in [2.05, 4.69) is 20.8 Å². The zero-order chi connectivity index (χ0) is 11.6. The van der Waals surface area contributed by atoms with Gasteiger partial charge in [0, 0.05) is 20.0 Å². The lowest BCUT2D eigenvalue weighted by Gasteiger charge is -2.37. The lowest BCUT2D eigenvalue weighted by atomic mass is 9.69. The summed E-state index contributed by atoms with van der Waals surface area (Å²) in [5, 5.41) is 0. The predicted octanol–water partition coefficient (Wildman–Crippen LogP) is 2.93. The van der Waals surface area contributed by atoms with Crippen molar-refractivity contribution in [3.8, 4) is 0 Å². The van der Waals surface area contributed by atoms with Crippen LogP contribution in [0.1, 0.15) is 46.5 Å². The van der Waals surface area contributed by atoms with Crippen molar-refractivity contribution in [2.45, 2.75) is 46.5 Å². The van der Waals surface area contributed by atoms with Crippen LogP contribution in [0, 0.1) is 17.3 Å². The SMILES string of the molecule is CN(C)C(=O)C1CCC(C(C)(C)C)CC1. The molecular weight excluding hydrogens is 186 g/mol. The summed E-state index contributed by atoms with van der Waals surface area (Å²) in [5.74, 6) is 1.41. The van der Waals surface area contributed by atoms with E-state index in [9.17, 15) is 4.79 Å². The van der Waals surface area contributed by atoms with Crippen LogP contribution in [0.3, 0.4) is 0 Å². The van der Waals surface area contributed by atoms with Crippen LogP contribution in [0.5, 0.6) is 0 Å². The first-order valence-electron chi connectivity index (χ1n) is 6.03. The van der Waals surface area contributed by atoms with Crippen LogP contribution in [0.4, 0.5) is 0 Å². The van der Waals surface area contributed by atoms with Crippen LogP contribution in [-0.4, -0.2) is 24.9 Å². The molecule has 1 fully saturated rings. The maximum absolute atomic E-state index is 11.8. The Morgan fingerprint density at radius 3 is 1.87 bits per heavy atom. The summed E-state index contributed by atoms with van der Waals surface area (Å²) in [6.07, 6.45) is 4.60. The third-order valence-corrected chi connectivity index (χ3v) is 3.74. The fraction of sp³-hybridized carbons (Fsp3) is 0.923. The largest absolute Gasteiger partial charge is 0.349 e. The molecule has 0 radical (unpaired) electrons. The number of carbonyl (C=O) groups is 1. The fourth-order valence-corrected chi connectivity index (χ4v) is 2.57. The Kier molecular flexibility index (Phi) is 3.80. The number of amides is 1. The van der Waals surface area contributed by atoms with Crippen LogP contribution in [0.2, 0.25) is 0 Å². The molecule has 88 valence electrons. The van der Waals surface area contributed by atoms with Crippen molar-refractivity contribution in [3.05, 3.63) is 0 Å². The smallest absolute Gasteiger partial charge is 0.225 e. The molecule has 0 aromatic heterocycles. The summed E-state index contributed by atoms with van der Waals surface area (Å²) in [6, 6.07) is 0. The molecule has 1 rings (SSSR count). The molecule has 1 aliphatic rings. The number of carbonyl (C=O) groups excluding carboxylic acids is 1. The van der Waals surface area contributed by atoms with E-state index < -0.39 is 0 Å². The first kappa shape index (κ1) is 12.5. The highest BCUT2D eigenvalue weighted by atomic mass is 16.2. The summed E-state index contributed by atoms with van der Waals surface area (Å²) >= 11 is 0. The molecule has 1 saturated carbocycles. The number of hydrogen-bond acceptors (Lipinski definition) is 1. The molecule has 1 aliphatic carbocycles. The molecule has 2 heteroatoms. The summed E-state index contributed by atoms with van der Waals surface area (Å²) < 4.78 is 0. The normalized spacial score (nSPS) is 27.5. The van der Waals surface area contributed by atoms with Gasteiger partial charge in [-0.1, -0.05) is 20.8 Å². The average molecular weight is 211 g/mol. The zero-order valence-corrected chi connectivity index (χ0v) is 10.8. The average Bonchev–Trinajstić information content (AvgIpc) is 2.15. The summed E-state index contributed by atoms with van der Waals surface area (Å²) in [5.41, 5.74) is 0.409. The third kappa shape index (κ3) is 3.22. The molecule has 1 amide bonds. The van der Waals surface area contributed by atoms with Crippen molar-refractivity contribution in [2.75, 3.05) is 14.1 Å². The van der Waals surface area contributed by atoms with E-state index >= 15 is 0 Å². The van der Waals surface area contributed by atoms with E-state index in [0.29, 0.717) is 17.2 Å². The highest BCUT2D eigenvalue weighted by Gasteiger charge is 2.32. The highest BCUT2D eigenvalue weighted by Crippen LogP contribution is 2.40. The van der Waals surface area contributed by atoms with Gasteiger partial charge in [0.2, 0.25) is 5.91 Å². The van der Waals surface area contributed by atoms with Gasteiger partial charge in [-0.3, -0.25) is 4.79 Å². The second-order valence-electron chi connectivity index (χ2n) is 6.15. The van der Waals surface area contributed by atoms with Crippen LogP contribution in [0.25, 0.3) is 0 Å². The van der Waals surface area contributed by atoms with Crippen molar-refractivity contribution < 1.29 is 4.79 Å². The standard InChI is InChI=1S/C13H25NO/c1-13(2,3)11-8-6-10(7-9-11)12(15)14(4)5/h10-11H,6-9H2,1-5H3. The lowest BCUT2D eigenvalue weighted by molar-refractivity contribution is -0.134. The van der Waals surface area contributed by atoms with Gasteiger partial charge in [-0.2, -0.15) is 0 Å². The molecule has 0 bridgehead atoms. The Labute approximate surface area is 94.0 Å². The second-order valence-corrected chi connectivity index (χ2v) is 6.15. The minimum atomic E-state index is 0.290. The van der Waals surface area contributed by atoms with E-state index in [1.807, 2.05) is 14.1 Å².